The van der Waals surface area contributed by atoms with Crippen LogP contribution in [0.2, 0.25) is 0 Å². The predicted molar refractivity (Wildman–Crippen MR) is 388 cm³/mol. The highest BCUT2D eigenvalue weighted by Gasteiger charge is 2.40. The van der Waals surface area contributed by atoms with E-state index in [9.17, 15) is 5.26 Å². The lowest BCUT2D eigenvalue weighted by atomic mass is 9.90. The molecule has 16 aromatic rings. The zero-order valence-electron chi connectivity index (χ0n) is 56.3. The second-order valence-electron chi connectivity index (χ2n) is 26.9. The standard InChI is InChI=1S/C43H32F6N2.C43H32F3N3/c1-23-9-13-29-30-14-10-24(2)18-35(30)50(34(29)17-23)38-21-28(42(44,45)46)22-39(41(38)40-27(5)7-6-8-33(40)43(47,48)49)51-36-19-25(3)11-15-31(36)32-16-12-26(4)20-37(32)51;1-24-9-13-30-31-14-10-25(2)18-36(31)48(35(30)17-24)39-21-29(23-47)22-40(42(39)41-28(5)7-6-8-34(41)43(44,45)46)49-37-19-26(3)11-15-32(37)33-16-12-27(4)20-38(33)49/h6-22H,1-5H3;6-22H,1-5H3. The average Bonchev–Trinajstić information content (AvgIpc) is 1.46. The summed E-state index contributed by atoms with van der Waals surface area (Å²) in [5, 5.41) is 17.6. The fourth-order valence-electron chi connectivity index (χ4n) is 15.1. The Labute approximate surface area is 570 Å². The van der Waals surface area contributed by atoms with E-state index in [0.717, 1.165) is 134 Å². The van der Waals surface area contributed by atoms with Gasteiger partial charge in [-0.1, -0.05) is 121 Å². The molecule has 0 N–H and O–H groups in total. The quantitative estimate of drug-likeness (QED) is 0.153. The van der Waals surface area contributed by atoms with Gasteiger partial charge in [0.2, 0.25) is 0 Å². The molecule has 16 rings (SSSR count). The van der Waals surface area contributed by atoms with E-state index in [-0.39, 0.29) is 33.6 Å². The summed E-state index contributed by atoms with van der Waals surface area (Å²) in [5.41, 5.74) is 13.3. The van der Waals surface area contributed by atoms with Gasteiger partial charge in [0.1, 0.15) is 0 Å². The Balaban J connectivity index is 0.000000163. The molecule has 0 fully saturated rings. The predicted octanol–water partition coefficient (Wildman–Crippen LogP) is 25.1. The summed E-state index contributed by atoms with van der Waals surface area (Å²) in [6.45, 7) is 18.9. The fraction of sp³-hybridized carbons (Fsp3) is 0.151. The molecular weight excluding hydrogens is 1270 g/mol. The summed E-state index contributed by atoms with van der Waals surface area (Å²) in [6.07, 6.45) is -14.3. The van der Waals surface area contributed by atoms with Crippen molar-refractivity contribution in [3.05, 3.63) is 284 Å². The monoisotopic (exact) mass is 1340 g/mol. The highest BCUT2D eigenvalue weighted by molar-refractivity contribution is 6.15. The van der Waals surface area contributed by atoms with Crippen LogP contribution in [0.15, 0.2) is 206 Å². The second kappa shape index (κ2) is 23.4. The van der Waals surface area contributed by atoms with Crippen LogP contribution in [0.1, 0.15) is 77.9 Å². The van der Waals surface area contributed by atoms with Gasteiger partial charge in [-0.3, -0.25) is 0 Å². The molecule has 0 saturated heterocycles. The van der Waals surface area contributed by atoms with E-state index in [1.165, 1.54) is 12.1 Å². The molecule has 0 aliphatic carbocycles. The van der Waals surface area contributed by atoms with Crippen LogP contribution in [0, 0.1) is 80.6 Å². The third-order valence-corrected chi connectivity index (χ3v) is 19.6. The Bertz CT molecular complexity index is 5660. The maximum absolute atomic E-state index is 15.2. The lowest BCUT2D eigenvalue weighted by Crippen LogP contribution is -2.14. The van der Waals surface area contributed by atoms with Gasteiger partial charge in [-0.25, -0.2) is 0 Å². The molecule has 0 atom stereocenters. The van der Waals surface area contributed by atoms with Crippen molar-refractivity contribution >= 4 is 87.2 Å². The van der Waals surface area contributed by atoms with Crippen LogP contribution in [0.5, 0.6) is 0 Å². The van der Waals surface area contributed by atoms with E-state index in [0.29, 0.717) is 50.1 Å². The number of benzene rings is 12. The molecule has 0 saturated carbocycles. The van der Waals surface area contributed by atoms with Gasteiger partial charge in [0.25, 0.3) is 0 Å². The van der Waals surface area contributed by atoms with Crippen LogP contribution >= 0.6 is 0 Å². The topological polar surface area (TPSA) is 43.5 Å². The smallest absolute Gasteiger partial charge is 0.309 e. The number of nitrogens with zero attached hydrogens (tertiary/aromatic N) is 5. The van der Waals surface area contributed by atoms with E-state index >= 15 is 39.5 Å². The summed E-state index contributed by atoms with van der Waals surface area (Å²) in [6, 6.07) is 63.8. The number of hydrogen-bond acceptors (Lipinski definition) is 1. The van der Waals surface area contributed by atoms with Crippen molar-refractivity contribution in [2.24, 2.45) is 0 Å². The molecule has 12 aromatic carbocycles. The molecular formula is C86H64F9N5. The third kappa shape index (κ3) is 10.6. The normalized spacial score (nSPS) is 12.3. The Morgan fingerprint density at radius 1 is 0.260 bits per heavy atom. The van der Waals surface area contributed by atoms with Gasteiger partial charge in [0.15, 0.2) is 0 Å². The van der Waals surface area contributed by atoms with Crippen molar-refractivity contribution in [2.45, 2.75) is 87.8 Å². The lowest BCUT2D eigenvalue weighted by Gasteiger charge is -2.25. The first-order chi connectivity index (χ1) is 47.6. The number of rotatable bonds is 6. The van der Waals surface area contributed by atoms with Crippen LogP contribution in [0.4, 0.5) is 39.5 Å². The van der Waals surface area contributed by atoms with Gasteiger partial charge in [0, 0.05) is 65.3 Å². The maximum Gasteiger partial charge on any atom is 0.417 e. The molecule has 100 heavy (non-hydrogen) atoms. The number of fused-ring (bicyclic) bond motifs is 12. The van der Waals surface area contributed by atoms with Crippen LogP contribution in [-0.4, -0.2) is 18.3 Å². The Morgan fingerprint density at radius 2 is 0.480 bits per heavy atom. The molecule has 496 valence electrons. The molecule has 0 aliphatic rings. The van der Waals surface area contributed by atoms with Gasteiger partial charge < -0.3 is 18.3 Å². The van der Waals surface area contributed by atoms with Gasteiger partial charge >= 0.3 is 18.5 Å². The summed E-state index contributed by atoms with van der Waals surface area (Å²) in [7, 11) is 0. The van der Waals surface area contributed by atoms with E-state index in [1.54, 1.807) is 47.2 Å². The first-order valence-electron chi connectivity index (χ1n) is 32.8. The number of aromatic nitrogens is 4. The van der Waals surface area contributed by atoms with E-state index in [4.69, 9.17) is 0 Å². The van der Waals surface area contributed by atoms with E-state index < -0.39 is 35.2 Å². The van der Waals surface area contributed by atoms with E-state index in [2.05, 4.69) is 88.0 Å². The highest BCUT2D eigenvalue weighted by atomic mass is 19.4. The average molecular weight is 1340 g/mol. The van der Waals surface area contributed by atoms with Crippen LogP contribution < -0.4 is 0 Å². The summed E-state index contributed by atoms with van der Waals surface area (Å²) >= 11 is 0. The van der Waals surface area contributed by atoms with Crippen molar-refractivity contribution in [3.63, 3.8) is 0 Å². The molecule has 0 spiro atoms. The minimum absolute atomic E-state index is 0.00568. The number of alkyl halides is 9. The molecule has 14 heteroatoms. The first kappa shape index (κ1) is 64.7. The molecule has 5 nitrogen and oxygen atoms in total. The number of hydrogen-bond donors (Lipinski definition) is 0. The Morgan fingerprint density at radius 3 is 0.680 bits per heavy atom. The maximum atomic E-state index is 15.2. The molecule has 0 aliphatic heterocycles. The molecule has 4 aromatic heterocycles. The minimum atomic E-state index is -4.82. The molecule has 0 bridgehead atoms. The van der Waals surface area contributed by atoms with Crippen LogP contribution in [0.25, 0.3) is 132 Å². The third-order valence-electron chi connectivity index (χ3n) is 19.6. The summed E-state index contributed by atoms with van der Waals surface area (Å²) < 4.78 is 144. The molecule has 4 heterocycles. The lowest BCUT2D eigenvalue weighted by molar-refractivity contribution is -0.138. The summed E-state index contributed by atoms with van der Waals surface area (Å²) in [4.78, 5) is 0. The number of nitriles is 1. The zero-order valence-corrected chi connectivity index (χ0v) is 56.3. The van der Waals surface area contributed by atoms with Crippen molar-refractivity contribution in [2.75, 3.05) is 0 Å². The van der Waals surface area contributed by atoms with Gasteiger partial charge in [-0.2, -0.15) is 44.8 Å². The van der Waals surface area contributed by atoms with Gasteiger partial charge in [-0.05, 0) is 210 Å². The van der Waals surface area contributed by atoms with Crippen molar-refractivity contribution in [1.82, 2.24) is 18.3 Å². The fourth-order valence-corrected chi connectivity index (χ4v) is 15.1. The molecule has 0 unspecified atom stereocenters. The largest absolute Gasteiger partial charge is 0.417 e. The summed E-state index contributed by atoms with van der Waals surface area (Å²) in [5.74, 6) is 0. The minimum Gasteiger partial charge on any atom is -0.309 e. The SMILES string of the molecule is Cc1ccc2c3ccc(C)cc3n(-c3cc(C#N)cc(-n4c5cc(C)ccc5c5ccc(C)cc54)c3-c3c(C)cccc3C(F)(F)F)c2c1.Cc1ccc2c3ccc(C)cc3n(-c3cc(C(F)(F)F)cc(-n4c5cc(C)ccc5c5ccc(C)cc54)c3-c3c(C)cccc3C(F)(F)F)c2c1. The second-order valence-corrected chi connectivity index (χ2v) is 26.9. The molecule has 0 amide bonds. The number of aryl methyl sites for hydroxylation is 10. The van der Waals surface area contributed by atoms with E-state index in [1.807, 2.05) is 128 Å². The number of halogens is 9. The van der Waals surface area contributed by atoms with Gasteiger partial charge in [-0.15, -0.1) is 0 Å². The molecule has 0 radical (unpaired) electrons. The van der Waals surface area contributed by atoms with Crippen molar-refractivity contribution in [1.29, 1.82) is 5.26 Å². The van der Waals surface area contributed by atoms with Crippen molar-refractivity contribution in [3.8, 4) is 51.1 Å². The Hall–Kier alpha value is -11.3. The Kier molecular flexibility index (Phi) is 15.2. The van der Waals surface area contributed by atoms with Gasteiger partial charge in [0.05, 0.1) is 95.2 Å². The van der Waals surface area contributed by atoms with Crippen LogP contribution in [-0.2, 0) is 18.5 Å². The van der Waals surface area contributed by atoms with Crippen LogP contribution in [0.3, 0.4) is 0 Å². The van der Waals surface area contributed by atoms with Crippen molar-refractivity contribution < 1.29 is 39.5 Å². The highest BCUT2D eigenvalue weighted by Crippen LogP contribution is 2.52. The zero-order chi connectivity index (χ0) is 70.5. The first-order valence-corrected chi connectivity index (χ1v) is 32.8.